The van der Waals surface area contributed by atoms with Crippen LogP contribution in [0.5, 0.6) is 5.75 Å². The molecule has 0 unspecified atom stereocenters. The van der Waals surface area contributed by atoms with Gasteiger partial charge < -0.3 is 10.1 Å². The van der Waals surface area contributed by atoms with E-state index >= 15 is 0 Å². The molecule has 1 amide bonds. The maximum atomic E-state index is 12.4. The van der Waals surface area contributed by atoms with Gasteiger partial charge in [-0.3, -0.25) is 4.79 Å². The van der Waals surface area contributed by atoms with Crippen molar-refractivity contribution in [3.63, 3.8) is 0 Å². The van der Waals surface area contributed by atoms with E-state index in [1.165, 1.54) is 4.31 Å². The first-order valence-electron chi connectivity index (χ1n) is 8.65. The molecule has 1 N–H and O–H groups in total. The second-order valence-electron chi connectivity index (χ2n) is 6.51. The number of anilines is 1. The Hall–Kier alpha value is -2.38. The zero-order chi connectivity index (χ0) is 20.0. The Morgan fingerprint density at radius 3 is 2.33 bits per heavy atom. The van der Waals surface area contributed by atoms with E-state index in [0.29, 0.717) is 12.2 Å². The zero-order valence-electron chi connectivity index (χ0n) is 16.2. The summed E-state index contributed by atoms with van der Waals surface area (Å²) in [6.45, 7) is 3.79. The molecule has 0 saturated heterocycles. The van der Waals surface area contributed by atoms with Crippen LogP contribution in [0.3, 0.4) is 0 Å². The summed E-state index contributed by atoms with van der Waals surface area (Å²) >= 11 is 0. The van der Waals surface area contributed by atoms with Gasteiger partial charge in [0.2, 0.25) is 15.9 Å². The number of carbonyl (C=O) groups excluding carboxylic acids is 1. The van der Waals surface area contributed by atoms with Gasteiger partial charge in [-0.1, -0.05) is 30.3 Å². The molecule has 7 heteroatoms. The molecule has 2 aromatic rings. The SMILES string of the molecule is COc1cccc(CCN(CC(=O)Nc2c(C)cccc2C)S(C)(=O)=O)c1. The van der Waals surface area contributed by atoms with Crippen LogP contribution in [-0.2, 0) is 21.2 Å². The monoisotopic (exact) mass is 390 g/mol. The molecule has 0 aliphatic rings. The van der Waals surface area contributed by atoms with Gasteiger partial charge in [-0.05, 0) is 49.1 Å². The summed E-state index contributed by atoms with van der Waals surface area (Å²) in [5, 5.41) is 2.83. The van der Waals surface area contributed by atoms with Crippen LogP contribution in [0.1, 0.15) is 16.7 Å². The predicted molar refractivity (Wildman–Crippen MR) is 108 cm³/mol. The number of sulfonamides is 1. The number of nitrogens with zero attached hydrogens (tertiary/aromatic N) is 1. The second kappa shape index (κ2) is 9.01. The maximum Gasteiger partial charge on any atom is 0.239 e. The minimum absolute atomic E-state index is 0.214. The van der Waals surface area contributed by atoms with Crippen molar-refractivity contribution >= 4 is 21.6 Å². The quantitative estimate of drug-likeness (QED) is 0.752. The highest BCUT2D eigenvalue weighted by Crippen LogP contribution is 2.19. The molecule has 0 atom stereocenters. The summed E-state index contributed by atoms with van der Waals surface area (Å²) in [6.07, 6.45) is 1.60. The summed E-state index contributed by atoms with van der Waals surface area (Å²) in [5.74, 6) is 0.356. The first-order chi connectivity index (χ1) is 12.7. The number of methoxy groups -OCH3 is 1. The van der Waals surface area contributed by atoms with Crippen molar-refractivity contribution in [1.82, 2.24) is 4.31 Å². The lowest BCUT2D eigenvalue weighted by Crippen LogP contribution is -2.38. The first-order valence-corrected chi connectivity index (χ1v) is 10.5. The van der Waals surface area contributed by atoms with E-state index in [-0.39, 0.29) is 19.0 Å². The van der Waals surface area contributed by atoms with Crippen LogP contribution < -0.4 is 10.1 Å². The summed E-state index contributed by atoms with van der Waals surface area (Å²) in [4.78, 5) is 12.4. The van der Waals surface area contributed by atoms with Crippen molar-refractivity contribution in [3.8, 4) is 5.75 Å². The summed E-state index contributed by atoms with van der Waals surface area (Å²) in [5.41, 5.74) is 3.54. The van der Waals surface area contributed by atoms with Gasteiger partial charge in [0.05, 0.1) is 19.9 Å². The third-order valence-electron chi connectivity index (χ3n) is 4.32. The Balaban J connectivity index is 2.07. The lowest BCUT2D eigenvalue weighted by Gasteiger charge is -2.20. The molecular formula is C20H26N2O4S. The third kappa shape index (κ3) is 6.08. The van der Waals surface area contributed by atoms with Crippen molar-refractivity contribution in [2.75, 3.05) is 31.8 Å². The van der Waals surface area contributed by atoms with Crippen molar-refractivity contribution in [2.24, 2.45) is 0 Å². The second-order valence-corrected chi connectivity index (χ2v) is 8.50. The number of aryl methyl sites for hydroxylation is 2. The Morgan fingerprint density at radius 1 is 1.11 bits per heavy atom. The molecule has 0 bridgehead atoms. The Kier molecular flexibility index (Phi) is 6.98. The van der Waals surface area contributed by atoms with Crippen LogP contribution in [0.4, 0.5) is 5.69 Å². The van der Waals surface area contributed by atoms with Crippen LogP contribution in [0.2, 0.25) is 0 Å². The van der Waals surface area contributed by atoms with Crippen LogP contribution in [0.25, 0.3) is 0 Å². The average molecular weight is 391 g/mol. The van der Waals surface area contributed by atoms with Crippen LogP contribution in [-0.4, -0.2) is 45.1 Å². The molecule has 146 valence electrons. The predicted octanol–water partition coefficient (Wildman–Crippen LogP) is 2.75. The van der Waals surface area contributed by atoms with Gasteiger partial charge in [0.15, 0.2) is 0 Å². The van der Waals surface area contributed by atoms with Crippen LogP contribution >= 0.6 is 0 Å². The molecule has 2 aromatic carbocycles. The average Bonchev–Trinajstić information content (AvgIpc) is 2.61. The van der Waals surface area contributed by atoms with Gasteiger partial charge in [-0.25, -0.2) is 8.42 Å². The van der Waals surface area contributed by atoms with Crippen molar-refractivity contribution in [2.45, 2.75) is 20.3 Å². The van der Waals surface area contributed by atoms with Crippen LogP contribution in [0.15, 0.2) is 42.5 Å². The molecule has 0 aliphatic carbocycles. The van der Waals surface area contributed by atoms with E-state index in [9.17, 15) is 13.2 Å². The van der Waals surface area contributed by atoms with E-state index < -0.39 is 10.0 Å². The van der Waals surface area contributed by atoms with E-state index in [1.54, 1.807) is 7.11 Å². The lowest BCUT2D eigenvalue weighted by molar-refractivity contribution is -0.116. The van der Waals surface area contributed by atoms with E-state index in [1.807, 2.05) is 56.3 Å². The number of rotatable bonds is 8. The molecule has 0 heterocycles. The number of hydrogen-bond donors (Lipinski definition) is 1. The number of para-hydroxylation sites is 1. The normalized spacial score (nSPS) is 11.4. The number of amides is 1. The van der Waals surface area contributed by atoms with E-state index in [0.717, 1.165) is 28.6 Å². The van der Waals surface area contributed by atoms with Gasteiger partial charge in [0.25, 0.3) is 0 Å². The van der Waals surface area contributed by atoms with Crippen molar-refractivity contribution < 1.29 is 17.9 Å². The highest BCUT2D eigenvalue weighted by molar-refractivity contribution is 7.88. The van der Waals surface area contributed by atoms with Crippen LogP contribution in [0, 0.1) is 13.8 Å². The Labute approximate surface area is 161 Å². The highest BCUT2D eigenvalue weighted by Gasteiger charge is 2.20. The number of ether oxygens (including phenoxy) is 1. The van der Waals surface area contributed by atoms with Gasteiger partial charge >= 0.3 is 0 Å². The maximum absolute atomic E-state index is 12.4. The standard InChI is InChI=1S/C20H26N2O4S/c1-15-7-5-8-16(2)20(15)21-19(23)14-22(27(4,24)25)12-11-17-9-6-10-18(13-17)26-3/h5-10,13H,11-12,14H2,1-4H3,(H,21,23). The minimum Gasteiger partial charge on any atom is -0.497 e. The van der Waals surface area contributed by atoms with Gasteiger partial charge in [-0.2, -0.15) is 4.31 Å². The van der Waals surface area contributed by atoms with Gasteiger partial charge in [0, 0.05) is 12.2 Å². The van der Waals surface area contributed by atoms with Gasteiger partial charge in [-0.15, -0.1) is 0 Å². The summed E-state index contributed by atoms with van der Waals surface area (Å²) < 4.78 is 30.6. The molecule has 0 aromatic heterocycles. The number of nitrogens with one attached hydrogen (secondary N) is 1. The highest BCUT2D eigenvalue weighted by atomic mass is 32.2. The van der Waals surface area contributed by atoms with E-state index in [2.05, 4.69) is 5.32 Å². The molecule has 0 aliphatic heterocycles. The number of hydrogen-bond acceptors (Lipinski definition) is 4. The fourth-order valence-electron chi connectivity index (χ4n) is 2.79. The fraction of sp³-hybridized carbons (Fsp3) is 0.350. The largest absolute Gasteiger partial charge is 0.497 e. The molecule has 0 spiro atoms. The number of benzene rings is 2. The Bertz CT molecular complexity index is 890. The Morgan fingerprint density at radius 2 is 1.74 bits per heavy atom. The first kappa shape index (κ1) is 20.9. The smallest absolute Gasteiger partial charge is 0.239 e. The van der Waals surface area contributed by atoms with Gasteiger partial charge in [0.1, 0.15) is 5.75 Å². The fourth-order valence-corrected chi connectivity index (χ4v) is 3.57. The summed E-state index contributed by atoms with van der Waals surface area (Å²) in [7, 11) is -1.93. The van der Waals surface area contributed by atoms with E-state index in [4.69, 9.17) is 4.74 Å². The lowest BCUT2D eigenvalue weighted by atomic mass is 10.1. The summed E-state index contributed by atoms with van der Waals surface area (Å²) in [6, 6.07) is 13.2. The molecule has 27 heavy (non-hydrogen) atoms. The minimum atomic E-state index is -3.52. The van der Waals surface area contributed by atoms with Crippen molar-refractivity contribution in [1.29, 1.82) is 0 Å². The molecule has 6 nitrogen and oxygen atoms in total. The third-order valence-corrected chi connectivity index (χ3v) is 5.57. The molecule has 2 rings (SSSR count). The number of carbonyl (C=O) groups is 1. The molecule has 0 fully saturated rings. The molecule has 0 saturated carbocycles. The molecular weight excluding hydrogens is 364 g/mol. The zero-order valence-corrected chi connectivity index (χ0v) is 17.0. The van der Waals surface area contributed by atoms with Crippen molar-refractivity contribution in [3.05, 3.63) is 59.2 Å². The molecule has 0 radical (unpaired) electrons. The topological polar surface area (TPSA) is 75.7 Å².